The number of methoxy groups -OCH3 is 3. The molecule has 1 amide bonds. The first kappa shape index (κ1) is 19.6. The minimum atomic E-state index is -0.157. The Morgan fingerprint density at radius 2 is 2.00 bits per heavy atom. The topological polar surface area (TPSA) is 87.5 Å². The summed E-state index contributed by atoms with van der Waals surface area (Å²) in [7, 11) is 4.87. The molecule has 8 heteroatoms. The van der Waals surface area contributed by atoms with Crippen molar-refractivity contribution < 1.29 is 19.0 Å². The van der Waals surface area contributed by atoms with Crippen molar-refractivity contribution in [2.24, 2.45) is 0 Å². The summed E-state index contributed by atoms with van der Waals surface area (Å²) in [6.07, 6.45) is 4.04. The number of hydrogen-bond donors (Lipinski definition) is 1. The van der Waals surface area contributed by atoms with Crippen molar-refractivity contribution in [1.29, 1.82) is 0 Å². The Hall–Kier alpha value is -3.13. The van der Waals surface area contributed by atoms with Gasteiger partial charge in [-0.2, -0.15) is 5.10 Å². The van der Waals surface area contributed by atoms with E-state index in [1.165, 1.54) is 0 Å². The number of benzene rings is 1. The fraction of sp³-hybridized carbons (Fsp3) is 0.350. The van der Waals surface area contributed by atoms with Crippen LogP contribution in [0.5, 0.6) is 11.5 Å². The van der Waals surface area contributed by atoms with Gasteiger partial charge in [-0.1, -0.05) is 0 Å². The van der Waals surface area contributed by atoms with Crippen molar-refractivity contribution in [2.75, 3.05) is 34.5 Å². The van der Waals surface area contributed by atoms with Crippen LogP contribution in [0.2, 0.25) is 0 Å². The summed E-state index contributed by atoms with van der Waals surface area (Å²) in [6.45, 7) is 1.66. The highest BCUT2D eigenvalue weighted by Crippen LogP contribution is 2.26. The molecule has 2 heterocycles. The van der Waals surface area contributed by atoms with Crippen LogP contribution < -0.4 is 14.8 Å². The van der Waals surface area contributed by atoms with Crippen molar-refractivity contribution in [3.8, 4) is 11.5 Å². The summed E-state index contributed by atoms with van der Waals surface area (Å²) in [6, 6.07) is 7.44. The third-order valence-electron chi connectivity index (χ3n) is 4.36. The lowest BCUT2D eigenvalue weighted by Crippen LogP contribution is -2.25. The second kappa shape index (κ2) is 9.18. The molecule has 2 aromatic heterocycles. The summed E-state index contributed by atoms with van der Waals surface area (Å²) < 4.78 is 17.4. The van der Waals surface area contributed by atoms with Crippen LogP contribution >= 0.6 is 0 Å². The molecule has 0 bridgehead atoms. The van der Waals surface area contributed by atoms with Crippen molar-refractivity contribution >= 4 is 16.9 Å². The number of fused-ring (bicyclic) bond motifs is 1. The lowest BCUT2D eigenvalue weighted by Gasteiger charge is -2.11. The Kier molecular flexibility index (Phi) is 6.44. The van der Waals surface area contributed by atoms with Crippen LogP contribution in [0, 0.1) is 0 Å². The molecule has 3 aromatic rings. The number of nitrogens with zero attached hydrogens (tertiary/aromatic N) is 3. The van der Waals surface area contributed by atoms with E-state index in [9.17, 15) is 4.79 Å². The van der Waals surface area contributed by atoms with Gasteiger partial charge in [0.25, 0.3) is 5.91 Å². The van der Waals surface area contributed by atoms with Gasteiger partial charge in [0, 0.05) is 43.5 Å². The largest absolute Gasteiger partial charge is 0.497 e. The van der Waals surface area contributed by atoms with E-state index in [0.29, 0.717) is 30.9 Å². The van der Waals surface area contributed by atoms with Crippen molar-refractivity contribution in [1.82, 2.24) is 20.1 Å². The van der Waals surface area contributed by atoms with Gasteiger partial charge < -0.3 is 19.5 Å². The predicted molar refractivity (Wildman–Crippen MR) is 105 cm³/mol. The summed E-state index contributed by atoms with van der Waals surface area (Å²) in [5, 5.41) is 8.07. The van der Waals surface area contributed by atoms with Crippen molar-refractivity contribution in [3.63, 3.8) is 0 Å². The lowest BCUT2D eigenvalue weighted by atomic mass is 10.2. The molecular formula is C20H24N4O4. The Balaban J connectivity index is 1.77. The number of nitrogens with one attached hydrogen (secondary N) is 1. The number of hydrogen-bond acceptors (Lipinski definition) is 6. The second-order valence-corrected chi connectivity index (χ2v) is 6.22. The van der Waals surface area contributed by atoms with Gasteiger partial charge in [-0.3, -0.25) is 4.79 Å². The van der Waals surface area contributed by atoms with Crippen LogP contribution in [-0.2, 0) is 11.3 Å². The Bertz CT molecular complexity index is 955. The Morgan fingerprint density at radius 3 is 2.75 bits per heavy atom. The monoisotopic (exact) mass is 384 g/mol. The Morgan fingerprint density at radius 1 is 1.14 bits per heavy atom. The van der Waals surface area contributed by atoms with Gasteiger partial charge in [-0.05, 0) is 24.6 Å². The van der Waals surface area contributed by atoms with E-state index in [-0.39, 0.29) is 5.91 Å². The normalized spacial score (nSPS) is 10.8. The van der Waals surface area contributed by atoms with Gasteiger partial charge in [0.15, 0.2) is 5.65 Å². The third-order valence-corrected chi connectivity index (χ3v) is 4.36. The highest BCUT2D eigenvalue weighted by molar-refractivity contribution is 5.96. The molecule has 0 saturated carbocycles. The number of aromatic nitrogens is 3. The molecule has 3 rings (SSSR count). The first-order valence-electron chi connectivity index (χ1n) is 8.96. The van der Waals surface area contributed by atoms with E-state index in [1.807, 2.05) is 18.2 Å². The predicted octanol–water partition coefficient (Wildman–Crippen LogP) is 2.26. The summed E-state index contributed by atoms with van der Waals surface area (Å²) >= 11 is 0. The average molecular weight is 384 g/mol. The van der Waals surface area contributed by atoms with E-state index in [4.69, 9.17) is 14.2 Å². The molecule has 0 atom stereocenters. The van der Waals surface area contributed by atoms with E-state index >= 15 is 0 Å². The van der Waals surface area contributed by atoms with Gasteiger partial charge in [0.2, 0.25) is 0 Å². The highest BCUT2D eigenvalue weighted by atomic mass is 16.5. The number of pyridine rings is 1. The minimum Gasteiger partial charge on any atom is -0.497 e. The zero-order chi connectivity index (χ0) is 19.9. The zero-order valence-corrected chi connectivity index (χ0v) is 16.3. The molecular weight excluding hydrogens is 360 g/mol. The molecule has 0 unspecified atom stereocenters. The average Bonchev–Trinajstić information content (AvgIpc) is 3.13. The Labute approximate surface area is 163 Å². The van der Waals surface area contributed by atoms with E-state index in [1.54, 1.807) is 44.5 Å². The quantitative estimate of drug-likeness (QED) is 0.570. The molecule has 28 heavy (non-hydrogen) atoms. The summed E-state index contributed by atoms with van der Waals surface area (Å²) in [5.74, 6) is 1.29. The molecule has 0 fully saturated rings. The van der Waals surface area contributed by atoms with Crippen LogP contribution in [0.1, 0.15) is 22.3 Å². The van der Waals surface area contributed by atoms with Crippen LogP contribution in [0.4, 0.5) is 0 Å². The van der Waals surface area contributed by atoms with E-state index in [2.05, 4.69) is 15.4 Å². The number of amides is 1. The third kappa shape index (κ3) is 4.40. The molecule has 148 valence electrons. The lowest BCUT2D eigenvalue weighted by molar-refractivity contribution is 0.0948. The van der Waals surface area contributed by atoms with Gasteiger partial charge >= 0.3 is 0 Å². The number of rotatable bonds is 9. The molecule has 0 spiro atoms. The number of carbonyl (C=O) groups is 1. The van der Waals surface area contributed by atoms with Crippen LogP contribution in [0.25, 0.3) is 11.0 Å². The molecule has 0 saturated heterocycles. The van der Waals surface area contributed by atoms with E-state index in [0.717, 1.165) is 28.9 Å². The zero-order valence-electron chi connectivity index (χ0n) is 16.3. The molecule has 0 radical (unpaired) electrons. The molecule has 0 aliphatic heterocycles. The van der Waals surface area contributed by atoms with Gasteiger partial charge in [-0.15, -0.1) is 0 Å². The van der Waals surface area contributed by atoms with Gasteiger partial charge in [-0.25, -0.2) is 9.67 Å². The minimum absolute atomic E-state index is 0.157. The van der Waals surface area contributed by atoms with Crippen molar-refractivity contribution in [2.45, 2.75) is 13.0 Å². The van der Waals surface area contributed by atoms with Gasteiger partial charge in [0.05, 0.1) is 32.5 Å². The number of carbonyl (C=O) groups excluding carboxylic acids is 1. The maximum Gasteiger partial charge on any atom is 0.252 e. The molecule has 1 aromatic carbocycles. The highest BCUT2D eigenvalue weighted by Gasteiger charge is 2.12. The molecule has 8 nitrogen and oxygen atoms in total. The summed E-state index contributed by atoms with van der Waals surface area (Å²) in [5.41, 5.74) is 2.16. The van der Waals surface area contributed by atoms with Crippen LogP contribution in [0.3, 0.4) is 0 Å². The van der Waals surface area contributed by atoms with Crippen LogP contribution in [-0.4, -0.2) is 55.2 Å². The molecule has 0 aliphatic rings. The van der Waals surface area contributed by atoms with E-state index < -0.39 is 0 Å². The second-order valence-electron chi connectivity index (χ2n) is 6.22. The fourth-order valence-electron chi connectivity index (χ4n) is 2.88. The standard InChI is InChI=1S/C20H24N4O4/c1-26-8-4-7-21-20(25)16-9-15-12-23-24(19(15)22-11-16)13-14-5-6-17(27-2)10-18(14)28-3/h5-6,9-12H,4,7-8,13H2,1-3H3,(H,21,25). The maximum absolute atomic E-state index is 12.2. The maximum atomic E-state index is 12.2. The fourth-order valence-corrected chi connectivity index (χ4v) is 2.88. The SMILES string of the molecule is COCCCNC(=O)c1cnc2c(cnn2Cc2ccc(OC)cc2OC)c1. The smallest absolute Gasteiger partial charge is 0.252 e. The van der Waals surface area contributed by atoms with Crippen molar-refractivity contribution in [3.05, 3.63) is 47.8 Å². The molecule has 1 N–H and O–H groups in total. The molecule has 0 aliphatic carbocycles. The number of ether oxygens (including phenoxy) is 3. The first-order chi connectivity index (χ1) is 13.7. The summed E-state index contributed by atoms with van der Waals surface area (Å²) in [4.78, 5) is 16.7. The van der Waals surface area contributed by atoms with Crippen LogP contribution in [0.15, 0.2) is 36.7 Å². The first-order valence-corrected chi connectivity index (χ1v) is 8.96. The van der Waals surface area contributed by atoms with Gasteiger partial charge in [0.1, 0.15) is 11.5 Å².